The molecule has 1 N–H and O–H groups in total. The molecule has 0 bridgehead atoms. The molecule has 2 heterocycles. The van der Waals surface area contributed by atoms with E-state index in [1.54, 1.807) is 11.3 Å². The Morgan fingerprint density at radius 2 is 2.04 bits per heavy atom. The molecule has 1 spiro atoms. The zero-order chi connectivity index (χ0) is 19.6. The van der Waals surface area contributed by atoms with Crippen molar-refractivity contribution in [3.05, 3.63) is 51.2 Å². The van der Waals surface area contributed by atoms with Crippen molar-refractivity contribution in [3.8, 4) is 0 Å². The Bertz CT molecular complexity index is 931. The minimum Gasteiger partial charge on any atom is -0.325 e. The number of benzene rings is 1. The molecule has 1 amide bonds. The van der Waals surface area contributed by atoms with Crippen LogP contribution in [0.25, 0.3) is 0 Å². The SMILES string of the molecule is Cc1c(Cl)cccc1NC(=O)CSC1=NC2(CCCCC2)N=C1c1cccs1. The zero-order valence-electron chi connectivity index (χ0n) is 15.7. The molecule has 1 aromatic heterocycles. The quantitative estimate of drug-likeness (QED) is 0.650. The lowest BCUT2D eigenvalue weighted by Gasteiger charge is -2.27. The number of hydrogen-bond donors (Lipinski definition) is 1. The molecular formula is C21H22ClN3OS2. The van der Waals surface area contributed by atoms with Gasteiger partial charge in [-0.1, -0.05) is 41.9 Å². The molecule has 4 rings (SSSR count). The Labute approximate surface area is 178 Å². The van der Waals surface area contributed by atoms with Crippen LogP contribution in [0.4, 0.5) is 5.69 Å². The van der Waals surface area contributed by atoms with Crippen LogP contribution >= 0.6 is 34.7 Å². The van der Waals surface area contributed by atoms with Gasteiger partial charge in [0.2, 0.25) is 5.91 Å². The average molecular weight is 432 g/mol. The highest BCUT2D eigenvalue weighted by Crippen LogP contribution is 2.39. The summed E-state index contributed by atoms with van der Waals surface area (Å²) in [4.78, 5) is 23.7. The first-order valence-electron chi connectivity index (χ1n) is 9.48. The van der Waals surface area contributed by atoms with E-state index < -0.39 is 0 Å². The lowest BCUT2D eigenvalue weighted by atomic mass is 9.90. The molecule has 4 nitrogen and oxygen atoms in total. The molecule has 146 valence electrons. The fourth-order valence-corrected chi connectivity index (χ4v) is 5.42. The van der Waals surface area contributed by atoms with E-state index in [0.717, 1.165) is 52.6 Å². The van der Waals surface area contributed by atoms with Crippen LogP contribution in [0.15, 0.2) is 45.7 Å². The second kappa shape index (κ2) is 8.39. The van der Waals surface area contributed by atoms with Crippen LogP contribution in [0, 0.1) is 6.92 Å². The first kappa shape index (κ1) is 19.7. The number of thioether (sulfide) groups is 1. The highest BCUT2D eigenvalue weighted by Gasteiger charge is 2.38. The average Bonchev–Trinajstić information content (AvgIpc) is 3.33. The highest BCUT2D eigenvalue weighted by molar-refractivity contribution is 8.16. The monoisotopic (exact) mass is 431 g/mol. The standard InChI is InChI=1S/C21H22ClN3OS2/c1-14-15(22)7-5-8-16(14)23-18(26)13-28-20-19(17-9-6-12-27-17)24-21(25-20)10-3-2-4-11-21/h5-9,12H,2-4,10-11,13H2,1H3,(H,23,26). The van der Waals surface area contributed by atoms with Gasteiger partial charge in [0.05, 0.1) is 10.6 Å². The number of anilines is 1. The maximum atomic E-state index is 12.5. The molecular weight excluding hydrogens is 410 g/mol. The molecule has 1 aromatic carbocycles. The molecule has 7 heteroatoms. The smallest absolute Gasteiger partial charge is 0.234 e. The van der Waals surface area contributed by atoms with E-state index in [-0.39, 0.29) is 11.6 Å². The summed E-state index contributed by atoms with van der Waals surface area (Å²) >= 11 is 9.29. The largest absolute Gasteiger partial charge is 0.325 e. The maximum absolute atomic E-state index is 12.5. The molecule has 0 saturated heterocycles. The van der Waals surface area contributed by atoms with Crippen LogP contribution in [-0.4, -0.2) is 28.1 Å². The Kier molecular flexibility index (Phi) is 5.90. The van der Waals surface area contributed by atoms with E-state index >= 15 is 0 Å². The van der Waals surface area contributed by atoms with Gasteiger partial charge in [-0.25, -0.2) is 4.99 Å². The zero-order valence-corrected chi connectivity index (χ0v) is 18.1. The van der Waals surface area contributed by atoms with Gasteiger partial charge in [-0.05, 0) is 61.7 Å². The number of nitrogens with zero attached hydrogens (tertiary/aromatic N) is 2. The number of halogens is 1. The third-order valence-corrected chi connectivity index (χ3v) is 7.37. The van der Waals surface area contributed by atoms with Gasteiger partial charge in [0.15, 0.2) is 5.66 Å². The lowest BCUT2D eigenvalue weighted by molar-refractivity contribution is -0.113. The van der Waals surface area contributed by atoms with Gasteiger partial charge >= 0.3 is 0 Å². The summed E-state index contributed by atoms with van der Waals surface area (Å²) in [6, 6.07) is 9.64. The summed E-state index contributed by atoms with van der Waals surface area (Å²) in [5.74, 6) is 0.235. The summed E-state index contributed by atoms with van der Waals surface area (Å²) in [7, 11) is 0. The van der Waals surface area contributed by atoms with Crippen LogP contribution in [0.2, 0.25) is 5.02 Å². The van der Waals surface area contributed by atoms with Crippen molar-refractivity contribution >= 4 is 57.0 Å². The number of nitrogens with one attached hydrogen (secondary N) is 1. The Morgan fingerprint density at radius 1 is 1.21 bits per heavy atom. The van der Waals surface area contributed by atoms with Crippen LogP contribution in [-0.2, 0) is 4.79 Å². The van der Waals surface area contributed by atoms with Crippen molar-refractivity contribution in [2.45, 2.75) is 44.7 Å². The molecule has 1 aliphatic carbocycles. The van der Waals surface area contributed by atoms with Crippen molar-refractivity contribution in [3.63, 3.8) is 0 Å². The minimum absolute atomic E-state index is 0.0619. The third-order valence-electron chi connectivity index (χ3n) is 5.12. The van der Waals surface area contributed by atoms with Gasteiger partial charge in [-0.3, -0.25) is 9.79 Å². The molecule has 2 aliphatic rings. The number of carbonyl (C=O) groups is 1. The first-order valence-corrected chi connectivity index (χ1v) is 11.7. The van der Waals surface area contributed by atoms with E-state index in [9.17, 15) is 4.79 Å². The highest BCUT2D eigenvalue weighted by atomic mass is 35.5. The molecule has 1 saturated carbocycles. The van der Waals surface area contributed by atoms with Crippen molar-refractivity contribution in [1.82, 2.24) is 0 Å². The van der Waals surface area contributed by atoms with Crippen molar-refractivity contribution < 1.29 is 4.79 Å². The third kappa shape index (κ3) is 4.19. The summed E-state index contributed by atoms with van der Waals surface area (Å²) in [6.07, 6.45) is 5.58. The summed E-state index contributed by atoms with van der Waals surface area (Å²) < 4.78 is 0. The topological polar surface area (TPSA) is 53.8 Å². The van der Waals surface area contributed by atoms with Gasteiger partial charge in [0.25, 0.3) is 0 Å². The maximum Gasteiger partial charge on any atom is 0.234 e. The molecule has 1 aliphatic heterocycles. The number of aliphatic imine (C=N–C) groups is 2. The van der Waals surface area contributed by atoms with Gasteiger partial charge in [0, 0.05) is 10.7 Å². The Morgan fingerprint density at radius 3 is 2.79 bits per heavy atom. The predicted octanol–water partition coefficient (Wildman–Crippen LogP) is 5.94. The number of rotatable bonds is 4. The van der Waals surface area contributed by atoms with Gasteiger partial charge in [-0.2, -0.15) is 0 Å². The van der Waals surface area contributed by atoms with Crippen LogP contribution < -0.4 is 5.32 Å². The summed E-state index contributed by atoms with van der Waals surface area (Å²) in [5.41, 5.74) is 2.28. The molecule has 0 radical (unpaired) electrons. The van der Waals surface area contributed by atoms with Crippen molar-refractivity contribution in [2.75, 3.05) is 11.1 Å². The van der Waals surface area contributed by atoms with Gasteiger partial charge < -0.3 is 5.32 Å². The minimum atomic E-state index is -0.306. The molecule has 0 atom stereocenters. The molecule has 28 heavy (non-hydrogen) atoms. The van der Waals surface area contributed by atoms with Crippen LogP contribution in [0.3, 0.4) is 0 Å². The van der Waals surface area contributed by atoms with Gasteiger partial charge in [0.1, 0.15) is 10.8 Å². The van der Waals surface area contributed by atoms with E-state index in [4.69, 9.17) is 21.6 Å². The Balaban J connectivity index is 1.48. The van der Waals surface area contributed by atoms with E-state index in [2.05, 4.69) is 16.8 Å². The normalized spacial score (nSPS) is 18.1. The number of amides is 1. The fraction of sp³-hybridized carbons (Fsp3) is 0.381. The van der Waals surface area contributed by atoms with Gasteiger partial charge in [-0.15, -0.1) is 11.3 Å². The van der Waals surface area contributed by atoms with E-state index in [1.807, 2.05) is 31.2 Å². The number of carbonyl (C=O) groups excluding carboxylic acids is 1. The van der Waals surface area contributed by atoms with Crippen LogP contribution in [0.5, 0.6) is 0 Å². The first-order chi connectivity index (χ1) is 13.6. The van der Waals surface area contributed by atoms with E-state index in [0.29, 0.717) is 10.8 Å². The Hall–Kier alpha value is -1.63. The lowest BCUT2D eigenvalue weighted by Crippen LogP contribution is -2.25. The van der Waals surface area contributed by atoms with Crippen LogP contribution in [0.1, 0.15) is 42.5 Å². The fourth-order valence-electron chi connectivity index (χ4n) is 3.60. The number of hydrogen-bond acceptors (Lipinski definition) is 5. The number of thiophene rings is 1. The summed E-state index contributed by atoms with van der Waals surface area (Å²) in [5, 5.41) is 6.56. The molecule has 1 fully saturated rings. The predicted molar refractivity (Wildman–Crippen MR) is 121 cm³/mol. The summed E-state index contributed by atoms with van der Waals surface area (Å²) in [6.45, 7) is 1.90. The second-order valence-corrected chi connectivity index (χ2v) is 9.47. The van der Waals surface area contributed by atoms with Crippen molar-refractivity contribution in [2.24, 2.45) is 9.98 Å². The van der Waals surface area contributed by atoms with E-state index in [1.165, 1.54) is 18.2 Å². The molecule has 2 aromatic rings. The van der Waals surface area contributed by atoms with Crippen molar-refractivity contribution in [1.29, 1.82) is 0 Å². The molecule has 0 unspecified atom stereocenters. The second-order valence-electron chi connectivity index (χ2n) is 7.15.